The molecule has 0 aliphatic rings. The van der Waals surface area contributed by atoms with Crippen LogP contribution >= 0.6 is 0 Å². The Bertz CT molecular complexity index is 400. The summed E-state index contributed by atoms with van der Waals surface area (Å²) < 4.78 is 10.3. The molecule has 0 bridgehead atoms. The average Bonchev–Trinajstić information content (AvgIpc) is 2.43. The van der Waals surface area contributed by atoms with Gasteiger partial charge in [0.05, 0.1) is 12.7 Å². The van der Waals surface area contributed by atoms with Gasteiger partial charge in [-0.1, -0.05) is 6.92 Å². The number of carbonyl (C=O) groups excluding carboxylic acids is 1. The van der Waals surface area contributed by atoms with Crippen LogP contribution in [-0.2, 0) is 4.79 Å². The van der Waals surface area contributed by atoms with Crippen LogP contribution in [-0.4, -0.2) is 36.9 Å². The Hall–Kier alpha value is -1.75. The van der Waals surface area contributed by atoms with Crippen molar-refractivity contribution in [2.24, 2.45) is 0 Å². The molecule has 0 radical (unpaired) electrons. The highest BCUT2D eigenvalue weighted by molar-refractivity contribution is 5.77. The molecule has 1 amide bonds. The Kier molecular flexibility index (Phi) is 5.63. The number of amides is 1. The number of benzene rings is 1. The van der Waals surface area contributed by atoms with Gasteiger partial charge in [-0.2, -0.15) is 0 Å². The molecule has 1 aromatic carbocycles. The van der Waals surface area contributed by atoms with Crippen LogP contribution in [0, 0.1) is 0 Å². The second-order valence-corrected chi connectivity index (χ2v) is 4.59. The zero-order chi connectivity index (χ0) is 14.3. The number of methoxy groups -OCH3 is 1. The maximum Gasteiger partial charge on any atom is 0.258 e. The normalized spacial score (nSPS) is 13.5. The maximum absolute atomic E-state index is 11.5. The summed E-state index contributed by atoms with van der Waals surface area (Å²) in [4.78, 5) is 11.5. The first-order valence-corrected chi connectivity index (χ1v) is 6.23. The predicted octanol–water partition coefficient (Wildman–Crippen LogP) is 1.35. The smallest absolute Gasteiger partial charge is 0.258 e. The predicted molar refractivity (Wildman–Crippen MR) is 72.4 cm³/mol. The van der Waals surface area contributed by atoms with E-state index in [1.807, 2.05) is 6.92 Å². The number of hydrogen-bond acceptors (Lipinski definition) is 4. The second-order valence-electron chi connectivity index (χ2n) is 4.59. The Morgan fingerprint density at radius 3 is 2.42 bits per heavy atom. The van der Waals surface area contributed by atoms with E-state index in [-0.39, 0.29) is 19.1 Å². The number of hydrogen-bond donors (Lipinski definition) is 2. The van der Waals surface area contributed by atoms with Gasteiger partial charge in [0.1, 0.15) is 11.5 Å². The zero-order valence-corrected chi connectivity index (χ0v) is 11.6. The molecule has 0 aliphatic carbocycles. The number of ether oxygens (including phenoxy) is 2. The molecule has 0 spiro atoms. The van der Waals surface area contributed by atoms with Crippen molar-refractivity contribution in [3.63, 3.8) is 0 Å². The van der Waals surface area contributed by atoms with Crippen LogP contribution in [0.1, 0.15) is 20.3 Å². The van der Waals surface area contributed by atoms with Gasteiger partial charge in [0.2, 0.25) is 0 Å². The molecule has 0 saturated heterocycles. The van der Waals surface area contributed by atoms with E-state index in [9.17, 15) is 9.90 Å². The number of carbonyl (C=O) groups is 1. The number of nitrogens with one attached hydrogen (secondary N) is 1. The minimum atomic E-state index is -0.879. The van der Waals surface area contributed by atoms with Crippen LogP contribution in [0.15, 0.2) is 24.3 Å². The molecule has 5 heteroatoms. The van der Waals surface area contributed by atoms with Gasteiger partial charge in [0.15, 0.2) is 6.61 Å². The molecular formula is C14H21NO4. The lowest BCUT2D eigenvalue weighted by atomic mass is 10.0. The third-order valence-corrected chi connectivity index (χ3v) is 2.86. The van der Waals surface area contributed by atoms with E-state index < -0.39 is 5.60 Å². The standard InChI is InChI=1S/C14H21NO4/c1-4-14(2,17)10-15-13(16)9-19-12-7-5-11(18-3)6-8-12/h5-8,17H,4,9-10H2,1-3H3,(H,15,16). The van der Waals surface area contributed by atoms with Crippen molar-refractivity contribution in [1.82, 2.24) is 5.32 Å². The topological polar surface area (TPSA) is 67.8 Å². The van der Waals surface area contributed by atoms with E-state index in [4.69, 9.17) is 9.47 Å². The van der Waals surface area contributed by atoms with Gasteiger partial charge in [0, 0.05) is 6.54 Å². The fraction of sp³-hybridized carbons (Fsp3) is 0.500. The summed E-state index contributed by atoms with van der Waals surface area (Å²) in [6.45, 7) is 3.68. The highest BCUT2D eigenvalue weighted by Gasteiger charge is 2.18. The molecule has 0 aromatic heterocycles. The van der Waals surface area contributed by atoms with Gasteiger partial charge >= 0.3 is 0 Å². The fourth-order valence-electron chi connectivity index (χ4n) is 1.29. The monoisotopic (exact) mass is 267 g/mol. The first-order chi connectivity index (χ1) is 8.96. The first kappa shape index (κ1) is 15.3. The van der Waals surface area contributed by atoms with Crippen molar-refractivity contribution in [2.45, 2.75) is 25.9 Å². The molecule has 0 fully saturated rings. The minimum Gasteiger partial charge on any atom is -0.497 e. The van der Waals surface area contributed by atoms with Gasteiger partial charge in [-0.05, 0) is 37.6 Å². The molecule has 1 aromatic rings. The van der Waals surface area contributed by atoms with Crippen LogP contribution in [0.3, 0.4) is 0 Å². The molecular weight excluding hydrogens is 246 g/mol. The Balaban J connectivity index is 2.33. The van der Waals surface area contributed by atoms with E-state index >= 15 is 0 Å². The molecule has 0 saturated carbocycles. The molecule has 5 nitrogen and oxygen atoms in total. The largest absolute Gasteiger partial charge is 0.497 e. The SMILES string of the molecule is CCC(C)(O)CNC(=O)COc1ccc(OC)cc1. The lowest BCUT2D eigenvalue weighted by Gasteiger charge is -2.21. The highest BCUT2D eigenvalue weighted by atomic mass is 16.5. The second kappa shape index (κ2) is 6.99. The molecule has 19 heavy (non-hydrogen) atoms. The number of rotatable bonds is 7. The summed E-state index contributed by atoms with van der Waals surface area (Å²) in [5.41, 5.74) is -0.879. The highest BCUT2D eigenvalue weighted by Crippen LogP contribution is 2.16. The van der Waals surface area contributed by atoms with Crippen LogP contribution in [0.4, 0.5) is 0 Å². The lowest BCUT2D eigenvalue weighted by Crippen LogP contribution is -2.41. The third kappa shape index (κ3) is 5.61. The fourth-order valence-corrected chi connectivity index (χ4v) is 1.29. The van der Waals surface area contributed by atoms with E-state index in [0.29, 0.717) is 12.2 Å². The van der Waals surface area contributed by atoms with Crippen LogP contribution in [0.25, 0.3) is 0 Å². The Morgan fingerprint density at radius 2 is 1.89 bits per heavy atom. The lowest BCUT2D eigenvalue weighted by molar-refractivity contribution is -0.124. The van der Waals surface area contributed by atoms with Crippen molar-refractivity contribution in [3.05, 3.63) is 24.3 Å². The van der Waals surface area contributed by atoms with Crippen molar-refractivity contribution >= 4 is 5.91 Å². The van der Waals surface area contributed by atoms with Gasteiger partial charge in [-0.15, -0.1) is 0 Å². The van der Waals surface area contributed by atoms with Crippen molar-refractivity contribution in [3.8, 4) is 11.5 Å². The molecule has 1 unspecified atom stereocenters. The summed E-state index contributed by atoms with van der Waals surface area (Å²) in [6, 6.07) is 6.98. The summed E-state index contributed by atoms with van der Waals surface area (Å²) in [7, 11) is 1.59. The average molecular weight is 267 g/mol. The van der Waals surface area contributed by atoms with Crippen LogP contribution in [0.2, 0.25) is 0 Å². The molecule has 0 aliphatic heterocycles. The molecule has 1 atom stereocenters. The van der Waals surface area contributed by atoms with E-state index in [0.717, 1.165) is 5.75 Å². The van der Waals surface area contributed by atoms with Crippen molar-refractivity contribution in [2.75, 3.05) is 20.3 Å². The van der Waals surface area contributed by atoms with Crippen LogP contribution in [0.5, 0.6) is 11.5 Å². The molecule has 1 rings (SSSR count). The van der Waals surface area contributed by atoms with E-state index in [2.05, 4.69) is 5.32 Å². The number of aliphatic hydroxyl groups is 1. The molecule has 2 N–H and O–H groups in total. The summed E-state index contributed by atoms with van der Waals surface area (Å²) in [5, 5.41) is 12.4. The van der Waals surface area contributed by atoms with Gasteiger partial charge < -0.3 is 19.9 Å². The van der Waals surface area contributed by atoms with Crippen molar-refractivity contribution in [1.29, 1.82) is 0 Å². The zero-order valence-electron chi connectivity index (χ0n) is 11.6. The first-order valence-electron chi connectivity index (χ1n) is 6.23. The molecule has 106 valence electrons. The maximum atomic E-state index is 11.5. The molecule has 0 heterocycles. The third-order valence-electron chi connectivity index (χ3n) is 2.86. The van der Waals surface area contributed by atoms with Crippen LogP contribution < -0.4 is 14.8 Å². The summed E-state index contributed by atoms with van der Waals surface area (Å²) in [5.74, 6) is 1.07. The van der Waals surface area contributed by atoms with E-state index in [1.54, 1.807) is 38.3 Å². The van der Waals surface area contributed by atoms with Gasteiger partial charge in [0.25, 0.3) is 5.91 Å². The summed E-state index contributed by atoms with van der Waals surface area (Å²) in [6.07, 6.45) is 0.576. The van der Waals surface area contributed by atoms with Gasteiger partial charge in [-0.25, -0.2) is 0 Å². The Labute approximate surface area is 113 Å². The van der Waals surface area contributed by atoms with Gasteiger partial charge in [-0.3, -0.25) is 4.79 Å². The Morgan fingerprint density at radius 1 is 1.32 bits per heavy atom. The quantitative estimate of drug-likeness (QED) is 0.782. The summed E-state index contributed by atoms with van der Waals surface area (Å²) >= 11 is 0. The van der Waals surface area contributed by atoms with E-state index in [1.165, 1.54) is 0 Å². The minimum absolute atomic E-state index is 0.0773. The van der Waals surface area contributed by atoms with Crippen molar-refractivity contribution < 1.29 is 19.4 Å².